The molecule has 9 heteroatoms. The Kier molecular flexibility index (Phi) is 30.2. The molecule has 0 saturated heterocycles. The Bertz CT molecular complexity index is 838. The summed E-state index contributed by atoms with van der Waals surface area (Å²) in [6, 6.07) is 0. The van der Waals surface area contributed by atoms with E-state index in [1.807, 2.05) is 21.1 Å². The van der Waals surface area contributed by atoms with E-state index in [0.717, 1.165) is 70.6 Å². The minimum Gasteiger partial charge on any atom is -0.756 e. The molecule has 0 aliphatic carbocycles. The van der Waals surface area contributed by atoms with Crippen molar-refractivity contribution in [1.29, 1.82) is 0 Å². The van der Waals surface area contributed by atoms with E-state index < -0.39 is 13.9 Å². The molecule has 0 bridgehead atoms. The van der Waals surface area contributed by atoms with Gasteiger partial charge < -0.3 is 27.9 Å². The van der Waals surface area contributed by atoms with Gasteiger partial charge in [0, 0.05) is 13.0 Å². The summed E-state index contributed by atoms with van der Waals surface area (Å²) in [5, 5.41) is 0. The average molecular weight is 672 g/mol. The van der Waals surface area contributed by atoms with Crippen molar-refractivity contribution in [2.45, 2.75) is 142 Å². The van der Waals surface area contributed by atoms with E-state index >= 15 is 0 Å². The second-order valence-electron chi connectivity index (χ2n) is 13.2. The summed E-state index contributed by atoms with van der Waals surface area (Å²) < 4.78 is 34.3. The van der Waals surface area contributed by atoms with E-state index in [0.29, 0.717) is 24.1 Å². The smallest absolute Gasteiger partial charge is 0.306 e. The normalized spacial score (nSPS) is 14.5. The molecule has 0 aliphatic rings. The van der Waals surface area contributed by atoms with Gasteiger partial charge in [0.15, 0.2) is 0 Å². The molecule has 0 amide bonds. The number of rotatable bonds is 33. The summed E-state index contributed by atoms with van der Waals surface area (Å²) in [4.78, 5) is 24.8. The van der Waals surface area contributed by atoms with E-state index in [-0.39, 0.29) is 25.8 Å². The van der Waals surface area contributed by atoms with Crippen LogP contribution >= 0.6 is 7.82 Å². The maximum absolute atomic E-state index is 12.5. The van der Waals surface area contributed by atoms with Crippen molar-refractivity contribution in [2.75, 3.05) is 54.1 Å². The van der Waals surface area contributed by atoms with Gasteiger partial charge in [-0.2, -0.15) is 0 Å². The lowest BCUT2D eigenvalue weighted by atomic mass is 10.1. The van der Waals surface area contributed by atoms with Gasteiger partial charge in [-0.05, 0) is 44.9 Å². The lowest BCUT2D eigenvalue weighted by molar-refractivity contribution is -0.870. The maximum Gasteiger partial charge on any atom is 0.306 e. The fourth-order valence-electron chi connectivity index (χ4n) is 4.62. The van der Waals surface area contributed by atoms with E-state index in [1.54, 1.807) is 0 Å². The Hall–Kier alpha value is -1.28. The molecule has 0 heterocycles. The molecule has 0 aromatic heterocycles. The molecule has 0 aromatic carbocycles. The molecule has 2 atom stereocenters. The largest absolute Gasteiger partial charge is 0.756 e. The zero-order valence-corrected chi connectivity index (χ0v) is 31.2. The van der Waals surface area contributed by atoms with E-state index in [2.05, 4.69) is 50.3 Å². The first kappa shape index (κ1) is 44.7. The number of nitrogens with zero attached hydrogens (tertiary/aromatic N) is 1. The van der Waals surface area contributed by atoms with Crippen molar-refractivity contribution in [3.63, 3.8) is 0 Å². The zero-order valence-electron chi connectivity index (χ0n) is 30.3. The van der Waals surface area contributed by atoms with Crippen LogP contribution in [0.15, 0.2) is 36.5 Å². The summed E-state index contributed by atoms with van der Waals surface area (Å²) >= 11 is 0. The minimum atomic E-state index is -4.52. The average Bonchev–Trinajstić information content (AvgIpc) is 2.99. The van der Waals surface area contributed by atoms with Gasteiger partial charge in [0.05, 0.1) is 34.4 Å². The Morgan fingerprint density at radius 3 is 1.89 bits per heavy atom. The number of ether oxygens (including phenoxy) is 2. The summed E-state index contributed by atoms with van der Waals surface area (Å²) in [5.74, 6) is -0.347. The molecule has 0 N–H and O–H groups in total. The molecular formula is C37H70NO7P. The van der Waals surface area contributed by atoms with Gasteiger partial charge in [-0.1, -0.05) is 121 Å². The molecule has 0 spiro atoms. The molecule has 0 radical (unpaired) electrons. The number of likely N-dealkylation sites (N-methyl/N-ethyl adjacent to an activating group) is 1. The molecule has 2 unspecified atom stereocenters. The molecule has 8 nitrogen and oxygen atoms in total. The van der Waals surface area contributed by atoms with E-state index in [4.69, 9.17) is 18.5 Å². The van der Waals surface area contributed by atoms with Crippen LogP contribution in [-0.4, -0.2) is 70.7 Å². The second kappa shape index (κ2) is 31.0. The van der Waals surface area contributed by atoms with Crippen LogP contribution in [0.5, 0.6) is 0 Å². The number of carbonyl (C=O) groups is 1. The van der Waals surface area contributed by atoms with Gasteiger partial charge in [-0.15, -0.1) is 0 Å². The number of quaternary nitrogens is 1. The fourth-order valence-corrected chi connectivity index (χ4v) is 5.35. The van der Waals surface area contributed by atoms with Crippen molar-refractivity contribution < 1.29 is 37.3 Å². The number of carbonyl (C=O) groups excluding carboxylic acids is 1. The highest BCUT2D eigenvalue weighted by atomic mass is 31.2. The highest BCUT2D eigenvalue weighted by molar-refractivity contribution is 7.45. The summed E-state index contributed by atoms with van der Waals surface area (Å²) in [5.41, 5.74) is 0. The van der Waals surface area contributed by atoms with Crippen LogP contribution in [0.3, 0.4) is 0 Å². The number of allylic oxidation sites excluding steroid dienone is 6. The number of unbranched alkanes of at least 4 members (excludes halogenated alkanes) is 13. The van der Waals surface area contributed by atoms with Gasteiger partial charge in [0.1, 0.15) is 19.3 Å². The number of phosphoric acid groups is 1. The molecular weight excluding hydrogens is 601 g/mol. The molecule has 0 aromatic rings. The monoisotopic (exact) mass is 671 g/mol. The van der Waals surface area contributed by atoms with Crippen LogP contribution in [0.2, 0.25) is 0 Å². The van der Waals surface area contributed by atoms with Gasteiger partial charge >= 0.3 is 5.97 Å². The third-order valence-electron chi connectivity index (χ3n) is 7.46. The first-order valence-electron chi connectivity index (χ1n) is 18.2. The number of esters is 1. The maximum atomic E-state index is 12.5. The topological polar surface area (TPSA) is 94.1 Å². The SMILES string of the molecule is CC/C=C\C/C=C\C/C=C\CCCCCCOCC(COP(=O)([O-])OCC[N+](C)(C)C)OC(=O)CCCCCCCCCCCC. The third-order valence-corrected chi connectivity index (χ3v) is 8.42. The molecule has 0 aliphatic heterocycles. The number of phosphoric ester groups is 1. The Morgan fingerprint density at radius 1 is 0.696 bits per heavy atom. The van der Waals surface area contributed by atoms with Gasteiger partial charge in [0.25, 0.3) is 7.82 Å². The number of hydrogen-bond acceptors (Lipinski definition) is 7. The standard InChI is InChI=1S/C37H70NO7P/c1-6-8-10-12-14-16-18-19-20-21-23-25-27-29-32-42-34-36(35-44-46(40,41)43-33-31-38(3,4)5)45-37(39)30-28-26-24-22-17-15-13-11-9-7-2/h8,10,14,16,19-20,36H,6-7,9,11-13,15,17-18,21-35H2,1-5H3/b10-8-,16-14-,20-19-. The lowest BCUT2D eigenvalue weighted by Gasteiger charge is -2.28. The van der Waals surface area contributed by atoms with Crippen LogP contribution in [0.1, 0.15) is 136 Å². The molecule has 46 heavy (non-hydrogen) atoms. The predicted octanol–water partition coefficient (Wildman–Crippen LogP) is 9.24. The van der Waals surface area contributed by atoms with Gasteiger partial charge in [-0.25, -0.2) is 0 Å². The van der Waals surface area contributed by atoms with Crippen LogP contribution in [0, 0.1) is 0 Å². The first-order valence-corrected chi connectivity index (χ1v) is 19.7. The minimum absolute atomic E-state index is 0.0216. The number of hydrogen-bond donors (Lipinski definition) is 0. The molecule has 0 saturated carbocycles. The highest BCUT2D eigenvalue weighted by Gasteiger charge is 2.20. The van der Waals surface area contributed by atoms with Crippen molar-refractivity contribution in [1.82, 2.24) is 0 Å². The summed E-state index contributed by atoms with van der Waals surface area (Å²) in [6.07, 6.45) is 33.0. The van der Waals surface area contributed by atoms with Crippen LogP contribution < -0.4 is 4.89 Å². The van der Waals surface area contributed by atoms with E-state index in [9.17, 15) is 14.3 Å². The van der Waals surface area contributed by atoms with Crippen LogP contribution in [0.4, 0.5) is 0 Å². The Labute approximate surface area is 283 Å². The molecule has 0 fully saturated rings. The van der Waals surface area contributed by atoms with Gasteiger partial charge in [-0.3, -0.25) is 9.36 Å². The van der Waals surface area contributed by atoms with Crippen molar-refractivity contribution in [3.05, 3.63) is 36.5 Å². The zero-order chi connectivity index (χ0) is 34.2. The third kappa shape index (κ3) is 34.1. The molecule has 0 rings (SSSR count). The van der Waals surface area contributed by atoms with Crippen molar-refractivity contribution in [3.8, 4) is 0 Å². The van der Waals surface area contributed by atoms with Crippen LogP contribution in [-0.2, 0) is 27.9 Å². The predicted molar refractivity (Wildman–Crippen MR) is 190 cm³/mol. The van der Waals surface area contributed by atoms with E-state index in [1.165, 1.54) is 44.9 Å². The lowest BCUT2D eigenvalue weighted by Crippen LogP contribution is -2.37. The fraction of sp³-hybridized carbons (Fsp3) is 0.811. The van der Waals surface area contributed by atoms with Crippen LogP contribution in [0.25, 0.3) is 0 Å². The van der Waals surface area contributed by atoms with Gasteiger partial charge in [0.2, 0.25) is 0 Å². The molecule has 270 valence electrons. The first-order chi connectivity index (χ1) is 22.1. The Balaban J connectivity index is 4.36. The highest BCUT2D eigenvalue weighted by Crippen LogP contribution is 2.38. The van der Waals surface area contributed by atoms with Crippen molar-refractivity contribution in [2.24, 2.45) is 0 Å². The Morgan fingerprint density at radius 2 is 1.26 bits per heavy atom. The summed E-state index contributed by atoms with van der Waals surface area (Å²) in [6.45, 7) is 5.21. The van der Waals surface area contributed by atoms with Crippen molar-refractivity contribution >= 4 is 13.8 Å². The quantitative estimate of drug-likeness (QED) is 0.0226. The summed E-state index contributed by atoms with van der Waals surface area (Å²) in [7, 11) is 1.34. The second-order valence-corrected chi connectivity index (χ2v) is 14.6.